The fraction of sp³-hybridized carbons (Fsp3) is 0.400. The smallest absolute Gasteiger partial charge is 0.311 e. The molecule has 1 aromatic heterocycles. The lowest BCUT2D eigenvalue weighted by Gasteiger charge is -2.24. The molecule has 3 atom stereocenters. The van der Waals surface area contributed by atoms with E-state index >= 15 is 0 Å². The van der Waals surface area contributed by atoms with E-state index in [1.165, 1.54) is 0 Å². The number of nitrogens with zero attached hydrogens (tertiary/aromatic N) is 1. The average molecular weight is 533 g/mol. The number of Topliss-reactive ketones (excluding diaryl/α,β-unsaturated/α-hetero) is 1. The molecular weight excluding hydrogens is 496 g/mol. The fourth-order valence-corrected chi connectivity index (χ4v) is 5.08. The van der Waals surface area contributed by atoms with Crippen LogP contribution in [-0.4, -0.2) is 53.4 Å². The quantitative estimate of drug-likeness (QED) is 0.242. The lowest BCUT2D eigenvalue weighted by atomic mass is 10.0. The highest BCUT2D eigenvalue weighted by Gasteiger charge is 2.37. The Morgan fingerprint density at radius 3 is 2.59 bits per heavy atom. The number of aromatic nitrogens is 1. The fourth-order valence-electron chi connectivity index (χ4n) is 5.08. The highest BCUT2D eigenvalue weighted by Crippen LogP contribution is 2.27. The maximum Gasteiger partial charge on any atom is 0.311 e. The molecule has 2 amide bonds. The zero-order valence-corrected chi connectivity index (χ0v) is 22.2. The molecule has 0 unspecified atom stereocenters. The van der Waals surface area contributed by atoms with E-state index in [0.717, 1.165) is 23.9 Å². The first-order valence-corrected chi connectivity index (χ1v) is 13.6. The average Bonchev–Trinajstić information content (AvgIpc) is 3.60. The zero-order valence-electron chi connectivity index (χ0n) is 22.2. The van der Waals surface area contributed by atoms with E-state index in [1.807, 2.05) is 31.3 Å². The maximum absolute atomic E-state index is 13.3. The standard InChI is InChI=1S/C30H36N4O5/c1-2-34-17-15-20-13-14-22(18-26(20)34)28(36)33-25(12-7-16-31)29(37)32-24-11-6-10-23(24)30(38)39-19-27(35)21-8-4-3-5-9-21/h3-5,8-9,13-15,17-18,23-25H,2,6-7,10-12,16,19,31H2,1H3,(H,32,37)(H,33,36)/t23-,24+,25+/m1/s1. The van der Waals surface area contributed by atoms with Crippen LogP contribution in [0.15, 0.2) is 60.8 Å². The van der Waals surface area contributed by atoms with Gasteiger partial charge in [0.2, 0.25) is 5.91 Å². The van der Waals surface area contributed by atoms with Gasteiger partial charge in [0, 0.05) is 35.4 Å². The van der Waals surface area contributed by atoms with Crippen molar-refractivity contribution in [1.29, 1.82) is 0 Å². The van der Waals surface area contributed by atoms with Gasteiger partial charge in [0.15, 0.2) is 12.4 Å². The first-order chi connectivity index (χ1) is 18.9. The van der Waals surface area contributed by atoms with Gasteiger partial charge < -0.3 is 25.7 Å². The molecule has 0 radical (unpaired) electrons. The predicted octanol–water partition coefficient (Wildman–Crippen LogP) is 3.21. The lowest BCUT2D eigenvalue weighted by molar-refractivity contribution is -0.148. The second-order valence-electron chi connectivity index (χ2n) is 9.88. The summed E-state index contributed by atoms with van der Waals surface area (Å²) in [6.45, 7) is 2.85. The van der Waals surface area contributed by atoms with Gasteiger partial charge in [-0.2, -0.15) is 0 Å². The molecular formula is C30H36N4O5. The molecule has 1 heterocycles. The Hall–Kier alpha value is -3.98. The molecule has 0 bridgehead atoms. The molecule has 4 N–H and O–H groups in total. The number of nitrogens with one attached hydrogen (secondary N) is 2. The zero-order chi connectivity index (χ0) is 27.8. The van der Waals surface area contributed by atoms with E-state index in [-0.39, 0.29) is 24.2 Å². The molecule has 4 rings (SSSR count). The van der Waals surface area contributed by atoms with Crippen molar-refractivity contribution >= 4 is 34.5 Å². The van der Waals surface area contributed by atoms with E-state index in [2.05, 4.69) is 15.2 Å². The SMILES string of the molecule is CCn1ccc2ccc(C(=O)N[C@@H](CCCN)C(=O)N[C@H]3CCC[C@H]3C(=O)OCC(=O)c3ccccc3)cc21. The molecule has 0 saturated heterocycles. The van der Waals surface area contributed by atoms with Crippen LogP contribution >= 0.6 is 0 Å². The van der Waals surface area contributed by atoms with Gasteiger partial charge >= 0.3 is 5.97 Å². The van der Waals surface area contributed by atoms with Crippen molar-refractivity contribution in [2.45, 2.75) is 57.7 Å². The summed E-state index contributed by atoms with van der Waals surface area (Å²) >= 11 is 0. The number of nitrogens with two attached hydrogens (primary N) is 1. The van der Waals surface area contributed by atoms with E-state index in [0.29, 0.717) is 43.4 Å². The summed E-state index contributed by atoms with van der Waals surface area (Å²) in [6, 6.07) is 14.9. The number of rotatable bonds is 12. The summed E-state index contributed by atoms with van der Waals surface area (Å²) in [7, 11) is 0. The summed E-state index contributed by atoms with van der Waals surface area (Å²) in [5, 5.41) is 6.85. The van der Waals surface area contributed by atoms with E-state index in [9.17, 15) is 19.2 Å². The van der Waals surface area contributed by atoms with Crippen molar-refractivity contribution in [2.75, 3.05) is 13.2 Å². The van der Waals surface area contributed by atoms with Crippen LogP contribution in [0.2, 0.25) is 0 Å². The molecule has 206 valence electrons. The second kappa shape index (κ2) is 13.2. The van der Waals surface area contributed by atoms with Gasteiger partial charge in [-0.1, -0.05) is 42.8 Å². The summed E-state index contributed by atoms with van der Waals surface area (Å²) in [5.74, 6) is -2.04. The highest BCUT2D eigenvalue weighted by molar-refractivity contribution is 6.00. The van der Waals surface area contributed by atoms with Gasteiger partial charge in [-0.05, 0) is 62.7 Å². The molecule has 2 aromatic carbocycles. The molecule has 9 heteroatoms. The molecule has 0 spiro atoms. The summed E-state index contributed by atoms with van der Waals surface area (Å²) in [6.07, 6.45) is 4.81. The highest BCUT2D eigenvalue weighted by atomic mass is 16.5. The summed E-state index contributed by atoms with van der Waals surface area (Å²) < 4.78 is 7.37. The van der Waals surface area contributed by atoms with Crippen molar-refractivity contribution < 1.29 is 23.9 Å². The minimum Gasteiger partial charge on any atom is -0.457 e. The lowest BCUT2D eigenvalue weighted by Crippen LogP contribution is -2.51. The van der Waals surface area contributed by atoms with Gasteiger partial charge in [-0.15, -0.1) is 0 Å². The van der Waals surface area contributed by atoms with E-state index < -0.39 is 24.0 Å². The number of hydrogen-bond donors (Lipinski definition) is 3. The Morgan fingerprint density at radius 1 is 1.05 bits per heavy atom. The van der Waals surface area contributed by atoms with E-state index in [1.54, 1.807) is 36.4 Å². The number of aryl methyl sites for hydroxylation is 1. The van der Waals surface area contributed by atoms with Crippen molar-refractivity contribution in [3.63, 3.8) is 0 Å². The number of hydrogen-bond acceptors (Lipinski definition) is 6. The Kier molecular flexibility index (Phi) is 9.49. The third-order valence-electron chi connectivity index (χ3n) is 7.28. The second-order valence-corrected chi connectivity index (χ2v) is 9.88. The van der Waals surface area contributed by atoms with Crippen molar-refractivity contribution in [3.8, 4) is 0 Å². The summed E-state index contributed by atoms with van der Waals surface area (Å²) in [4.78, 5) is 51.5. The Balaban J connectivity index is 1.38. The van der Waals surface area contributed by atoms with Crippen LogP contribution in [0.4, 0.5) is 0 Å². The third-order valence-corrected chi connectivity index (χ3v) is 7.28. The van der Waals surface area contributed by atoms with Crippen LogP contribution < -0.4 is 16.4 Å². The Bertz CT molecular complexity index is 1320. The minimum atomic E-state index is -0.799. The molecule has 1 fully saturated rings. The number of carbonyl (C=O) groups is 4. The van der Waals surface area contributed by atoms with Crippen LogP contribution in [0.1, 0.15) is 59.7 Å². The van der Waals surface area contributed by atoms with Gasteiger partial charge in [-0.3, -0.25) is 19.2 Å². The van der Waals surface area contributed by atoms with Crippen LogP contribution in [0.3, 0.4) is 0 Å². The first-order valence-electron chi connectivity index (χ1n) is 13.6. The van der Waals surface area contributed by atoms with Crippen molar-refractivity contribution in [1.82, 2.24) is 15.2 Å². The molecule has 3 aromatic rings. The van der Waals surface area contributed by atoms with Crippen LogP contribution in [0.5, 0.6) is 0 Å². The predicted molar refractivity (Wildman–Crippen MR) is 148 cm³/mol. The number of benzene rings is 2. The van der Waals surface area contributed by atoms with Crippen LogP contribution in [0, 0.1) is 5.92 Å². The Morgan fingerprint density at radius 2 is 1.85 bits per heavy atom. The molecule has 39 heavy (non-hydrogen) atoms. The third kappa shape index (κ3) is 6.92. The number of amides is 2. The van der Waals surface area contributed by atoms with Gasteiger partial charge in [0.05, 0.1) is 5.92 Å². The maximum atomic E-state index is 13.3. The normalized spacial score (nSPS) is 17.5. The van der Waals surface area contributed by atoms with Crippen LogP contribution in [0.25, 0.3) is 10.9 Å². The first kappa shape index (κ1) is 28.0. The number of ether oxygens (including phenoxy) is 1. The van der Waals surface area contributed by atoms with Gasteiger partial charge in [-0.25, -0.2) is 0 Å². The monoisotopic (exact) mass is 532 g/mol. The van der Waals surface area contributed by atoms with Crippen LogP contribution in [-0.2, 0) is 20.9 Å². The summed E-state index contributed by atoms with van der Waals surface area (Å²) in [5.41, 5.74) is 7.58. The number of carbonyl (C=O) groups excluding carboxylic acids is 4. The van der Waals surface area contributed by atoms with Crippen molar-refractivity contribution in [3.05, 3.63) is 71.9 Å². The topological polar surface area (TPSA) is 133 Å². The molecule has 1 saturated carbocycles. The molecule has 1 aliphatic carbocycles. The van der Waals surface area contributed by atoms with Gasteiger partial charge in [0.1, 0.15) is 6.04 Å². The largest absolute Gasteiger partial charge is 0.457 e. The number of fused-ring (bicyclic) bond motifs is 1. The van der Waals surface area contributed by atoms with Crippen molar-refractivity contribution in [2.24, 2.45) is 11.7 Å². The van der Waals surface area contributed by atoms with E-state index in [4.69, 9.17) is 10.5 Å². The minimum absolute atomic E-state index is 0.281. The molecule has 0 aliphatic heterocycles. The molecule has 9 nitrogen and oxygen atoms in total. The Labute approximate surface area is 228 Å². The number of esters is 1. The van der Waals surface area contributed by atoms with Gasteiger partial charge in [0.25, 0.3) is 5.91 Å². The molecule has 1 aliphatic rings. The number of ketones is 1.